The van der Waals surface area contributed by atoms with E-state index in [0.29, 0.717) is 5.56 Å². The zero-order valence-electron chi connectivity index (χ0n) is 12.4. The lowest BCUT2D eigenvalue weighted by molar-refractivity contribution is 0.0633. The molecule has 0 radical (unpaired) electrons. The highest BCUT2D eigenvalue weighted by Crippen LogP contribution is 2.11. The van der Waals surface area contributed by atoms with Crippen molar-refractivity contribution in [3.05, 3.63) is 35.4 Å². The highest BCUT2D eigenvalue weighted by atomic mass is 16.4. The van der Waals surface area contributed by atoms with Crippen LogP contribution in [0.25, 0.3) is 0 Å². The second-order valence-corrected chi connectivity index (χ2v) is 5.37. The average molecular weight is 290 g/mol. The lowest BCUT2D eigenvalue weighted by Gasteiger charge is -2.34. The molecule has 1 fully saturated rings. The maximum atomic E-state index is 12.4. The lowest BCUT2D eigenvalue weighted by Crippen LogP contribution is -2.48. The molecule has 1 aromatic rings. The highest BCUT2D eigenvalue weighted by Gasteiger charge is 2.21. The largest absolute Gasteiger partial charge is 0.478 e. The van der Waals surface area contributed by atoms with E-state index in [-0.39, 0.29) is 11.5 Å². The van der Waals surface area contributed by atoms with E-state index in [1.54, 1.807) is 12.1 Å². The molecular weight excluding hydrogens is 268 g/mol. The predicted molar refractivity (Wildman–Crippen MR) is 80.7 cm³/mol. The van der Waals surface area contributed by atoms with Gasteiger partial charge in [0.25, 0.3) is 5.91 Å². The van der Waals surface area contributed by atoms with Gasteiger partial charge in [0.1, 0.15) is 0 Å². The van der Waals surface area contributed by atoms with Crippen molar-refractivity contribution in [2.75, 3.05) is 32.7 Å². The quantitative estimate of drug-likeness (QED) is 0.900. The Morgan fingerprint density at radius 2 is 1.62 bits per heavy atom. The van der Waals surface area contributed by atoms with Crippen molar-refractivity contribution in [2.24, 2.45) is 0 Å². The number of piperazine rings is 1. The number of carbonyl (C=O) groups is 2. The van der Waals surface area contributed by atoms with E-state index in [2.05, 4.69) is 11.8 Å². The van der Waals surface area contributed by atoms with Crippen LogP contribution in [0.3, 0.4) is 0 Å². The number of benzene rings is 1. The standard InChI is InChI=1S/C16H22N2O3/c1-2-3-8-17-9-11-18(12-10-17)15(19)13-4-6-14(7-5-13)16(20)21/h4-7H,2-3,8-12H2,1H3,(H,20,21). The summed E-state index contributed by atoms with van der Waals surface area (Å²) in [6, 6.07) is 6.14. The second-order valence-electron chi connectivity index (χ2n) is 5.37. The van der Waals surface area contributed by atoms with Gasteiger partial charge in [-0.15, -0.1) is 0 Å². The molecule has 0 atom stereocenters. The molecule has 5 heteroatoms. The van der Waals surface area contributed by atoms with Gasteiger partial charge >= 0.3 is 5.97 Å². The smallest absolute Gasteiger partial charge is 0.335 e. The van der Waals surface area contributed by atoms with E-state index in [9.17, 15) is 9.59 Å². The van der Waals surface area contributed by atoms with Crippen LogP contribution in [0.2, 0.25) is 0 Å². The van der Waals surface area contributed by atoms with Crippen molar-refractivity contribution in [3.63, 3.8) is 0 Å². The number of unbranched alkanes of at least 4 members (excludes halogenated alkanes) is 1. The molecule has 5 nitrogen and oxygen atoms in total. The van der Waals surface area contributed by atoms with Crippen LogP contribution in [-0.4, -0.2) is 59.5 Å². The van der Waals surface area contributed by atoms with E-state index in [0.717, 1.165) is 32.7 Å². The molecule has 1 N–H and O–H groups in total. The third kappa shape index (κ3) is 4.04. The van der Waals surface area contributed by atoms with Gasteiger partial charge in [-0.1, -0.05) is 13.3 Å². The Balaban J connectivity index is 1.91. The molecule has 0 unspecified atom stereocenters. The van der Waals surface area contributed by atoms with Crippen molar-refractivity contribution in [3.8, 4) is 0 Å². The first-order valence-corrected chi connectivity index (χ1v) is 7.47. The van der Waals surface area contributed by atoms with Crippen LogP contribution in [0.4, 0.5) is 0 Å². The second kappa shape index (κ2) is 7.22. The molecule has 114 valence electrons. The number of rotatable bonds is 5. The fourth-order valence-electron chi connectivity index (χ4n) is 2.49. The maximum absolute atomic E-state index is 12.4. The van der Waals surface area contributed by atoms with Gasteiger partial charge in [0.2, 0.25) is 0 Å². The summed E-state index contributed by atoms with van der Waals surface area (Å²) in [4.78, 5) is 27.4. The Labute approximate surface area is 125 Å². The van der Waals surface area contributed by atoms with Crippen molar-refractivity contribution in [1.29, 1.82) is 0 Å². The van der Waals surface area contributed by atoms with Crippen molar-refractivity contribution < 1.29 is 14.7 Å². The zero-order valence-corrected chi connectivity index (χ0v) is 12.4. The monoisotopic (exact) mass is 290 g/mol. The number of amides is 1. The number of aromatic carboxylic acids is 1. The Hall–Kier alpha value is -1.88. The summed E-state index contributed by atoms with van der Waals surface area (Å²) in [5.74, 6) is -0.986. The molecule has 0 saturated carbocycles. The zero-order chi connectivity index (χ0) is 15.2. The fourth-order valence-corrected chi connectivity index (χ4v) is 2.49. The molecule has 21 heavy (non-hydrogen) atoms. The van der Waals surface area contributed by atoms with Crippen LogP contribution in [0, 0.1) is 0 Å². The Kier molecular flexibility index (Phi) is 5.33. The molecule has 1 saturated heterocycles. The van der Waals surface area contributed by atoms with Crippen LogP contribution in [0.1, 0.15) is 40.5 Å². The van der Waals surface area contributed by atoms with Crippen LogP contribution < -0.4 is 0 Å². The SMILES string of the molecule is CCCCN1CCN(C(=O)c2ccc(C(=O)O)cc2)CC1. The van der Waals surface area contributed by atoms with Crippen LogP contribution in [0.5, 0.6) is 0 Å². The minimum atomic E-state index is -0.974. The summed E-state index contributed by atoms with van der Waals surface area (Å²) < 4.78 is 0. The van der Waals surface area contributed by atoms with E-state index >= 15 is 0 Å². The summed E-state index contributed by atoms with van der Waals surface area (Å²) in [5.41, 5.74) is 0.762. The molecule has 1 heterocycles. The minimum absolute atomic E-state index is 0.0120. The summed E-state index contributed by atoms with van der Waals surface area (Å²) >= 11 is 0. The Morgan fingerprint density at radius 1 is 1.05 bits per heavy atom. The molecule has 1 amide bonds. The van der Waals surface area contributed by atoms with Crippen molar-refractivity contribution in [2.45, 2.75) is 19.8 Å². The van der Waals surface area contributed by atoms with Crippen LogP contribution >= 0.6 is 0 Å². The normalized spacial score (nSPS) is 16.0. The van der Waals surface area contributed by atoms with Gasteiger partial charge in [-0.05, 0) is 37.2 Å². The Morgan fingerprint density at radius 3 is 2.14 bits per heavy atom. The topological polar surface area (TPSA) is 60.9 Å². The van der Waals surface area contributed by atoms with Crippen molar-refractivity contribution >= 4 is 11.9 Å². The summed E-state index contributed by atoms with van der Waals surface area (Å²) in [6.45, 7) is 6.59. The Bertz CT molecular complexity index is 491. The molecule has 1 aliphatic heterocycles. The lowest BCUT2D eigenvalue weighted by atomic mass is 10.1. The number of hydrogen-bond donors (Lipinski definition) is 1. The fraction of sp³-hybridized carbons (Fsp3) is 0.500. The third-order valence-electron chi connectivity index (χ3n) is 3.87. The highest BCUT2D eigenvalue weighted by molar-refractivity contribution is 5.96. The molecule has 1 aromatic carbocycles. The van der Waals surface area contributed by atoms with Crippen LogP contribution in [0.15, 0.2) is 24.3 Å². The van der Waals surface area contributed by atoms with E-state index < -0.39 is 5.97 Å². The van der Waals surface area contributed by atoms with E-state index in [1.165, 1.54) is 25.0 Å². The summed E-state index contributed by atoms with van der Waals surface area (Å²) in [6.07, 6.45) is 2.39. The van der Waals surface area contributed by atoms with Gasteiger partial charge in [0.15, 0.2) is 0 Å². The van der Waals surface area contributed by atoms with E-state index in [4.69, 9.17) is 5.11 Å². The maximum Gasteiger partial charge on any atom is 0.335 e. The van der Waals surface area contributed by atoms with Crippen molar-refractivity contribution in [1.82, 2.24) is 9.80 Å². The molecule has 2 rings (SSSR count). The van der Waals surface area contributed by atoms with Crippen LogP contribution in [-0.2, 0) is 0 Å². The first-order chi connectivity index (χ1) is 10.1. The third-order valence-corrected chi connectivity index (χ3v) is 3.87. The summed E-state index contributed by atoms with van der Waals surface area (Å²) in [7, 11) is 0. The number of carboxylic acid groups (broad SMARTS) is 1. The number of carbonyl (C=O) groups excluding carboxylic acids is 1. The molecular formula is C16H22N2O3. The number of nitrogens with zero attached hydrogens (tertiary/aromatic N) is 2. The number of carboxylic acids is 1. The molecule has 0 spiro atoms. The average Bonchev–Trinajstić information content (AvgIpc) is 2.53. The first-order valence-electron chi connectivity index (χ1n) is 7.47. The van der Waals surface area contributed by atoms with Gasteiger partial charge < -0.3 is 10.0 Å². The van der Waals surface area contributed by atoms with Gasteiger partial charge in [-0.2, -0.15) is 0 Å². The van der Waals surface area contributed by atoms with E-state index in [1.807, 2.05) is 4.90 Å². The first kappa shape index (κ1) is 15.5. The van der Waals surface area contributed by atoms with Gasteiger partial charge in [-0.3, -0.25) is 9.69 Å². The molecule has 0 aliphatic carbocycles. The van der Waals surface area contributed by atoms with Gasteiger partial charge in [0.05, 0.1) is 5.56 Å². The van der Waals surface area contributed by atoms with Gasteiger partial charge in [-0.25, -0.2) is 4.79 Å². The number of hydrogen-bond acceptors (Lipinski definition) is 3. The minimum Gasteiger partial charge on any atom is -0.478 e. The predicted octanol–water partition coefficient (Wildman–Crippen LogP) is 1.94. The molecule has 1 aliphatic rings. The van der Waals surface area contributed by atoms with Gasteiger partial charge in [0, 0.05) is 31.7 Å². The molecule has 0 aromatic heterocycles. The molecule has 0 bridgehead atoms. The summed E-state index contributed by atoms with van der Waals surface area (Å²) in [5, 5.41) is 8.86.